The molecule has 3 heteroatoms. The van der Waals surface area contributed by atoms with Gasteiger partial charge in [-0.15, -0.1) is 0 Å². The first-order valence-electron chi connectivity index (χ1n) is 5.18. The van der Waals surface area contributed by atoms with Gasteiger partial charge >= 0.3 is 0 Å². The van der Waals surface area contributed by atoms with Crippen LogP contribution in [-0.4, -0.2) is 16.1 Å². The van der Waals surface area contributed by atoms with Gasteiger partial charge in [0.15, 0.2) is 0 Å². The average molecular weight is 179 g/mol. The summed E-state index contributed by atoms with van der Waals surface area (Å²) in [5.74, 6) is 1.05. The number of anilines is 1. The highest BCUT2D eigenvalue weighted by atomic mass is 15.2. The number of hydrogen-bond acceptors (Lipinski definition) is 2. The fourth-order valence-corrected chi connectivity index (χ4v) is 1.47. The highest BCUT2D eigenvalue weighted by molar-refractivity contribution is 5.27. The Kier molecular flexibility index (Phi) is 2.52. The van der Waals surface area contributed by atoms with Crippen molar-refractivity contribution in [1.82, 2.24) is 9.55 Å². The summed E-state index contributed by atoms with van der Waals surface area (Å²) in [5, 5.41) is 3.37. The lowest BCUT2D eigenvalue weighted by molar-refractivity contribution is 0.734. The van der Waals surface area contributed by atoms with Gasteiger partial charge in [0.05, 0.1) is 0 Å². The minimum absolute atomic E-state index is 0.728. The lowest BCUT2D eigenvalue weighted by atomic mass is 10.3. The standard InChI is InChI=1S/C10H17N3/c1-2-3-6-11-10-12-7-8-13(10)9-4-5-9/h7-9H,2-6H2,1H3,(H,11,12). The Balaban J connectivity index is 1.90. The summed E-state index contributed by atoms with van der Waals surface area (Å²) < 4.78 is 2.26. The van der Waals surface area contributed by atoms with Gasteiger partial charge in [0, 0.05) is 25.0 Å². The summed E-state index contributed by atoms with van der Waals surface area (Å²) in [6.45, 7) is 3.25. The highest BCUT2D eigenvalue weighted by Crippen LogP contribution is 2.36. The van der Waals surface area contributed by atoms with Crippen LogP contribution in [0.3, 0.4) is 0 Å². The van der Waals surface area contributed by atoms with E-state index in [1.54, 1.807) is 0 Å². The van der Waals surface area contributed by atoms with Crippen LogP contribution in [0.15, 0.2) is 12.4 Å². The maximum absolute atomic E-state index is 4.30. The molecule has 3 nitrogen and oxygen atoms in total. The van der Waals surface area contributed by atoms with Crippen LogP contribution in [-0.2, 0) is 0 Å². The molecule has 0 atom stereocenters. The minimum Gasteiger partial charge on any atom is -0.356 e. The molecular weight excluding hydrogens is 162 g/mol. The van der Waals surface area contributed by atoms with E-state index in [9.17, 15) is 0 Å². The summed E-state index contributed by atoms with van der Waals surface area (Å²) in [6.07, 6.45) is 9.05. The van der Waals surface area contributed by atoms with Gasteiger partial charge in [0.1, 0.15) is 0 Å². The molecule has 0 spiro atoms. The van der Waals surface area contributed by atoms with E-state index >= 15 is 0 Å². The van der Waals surface area contributed by atoms with Gasteiger partial charge in [-0.05, 0) is 19.3 Å². The number of nitrogens with zero attached hydrogens (tertiary/aromatic N) is 2. The van der Waals surface area contributed by atoms with E-state index in [1.807, 2.05) is 6.20 Å². The molecule has 0 unspecified atom stereocenters. The number of hydrogen-bond donors (Lipinski definition) is 1. The second kappa shape index (κ2) is 3.81. The van der Waals surface area contributed by atoms with Crippen molar-refractivity contribution in [3.63, 3.8) is 0 Å². The molecule has 0 saturated heterocycles. The SMILES string of the molecule is CCCCNc1nccn1C1CC1. The van der Waals surface area contributed by atoms with Gasteiger partial charge in [-0.1, -0.05) is 13.3 Å². The normalized spacial score (nSPS) is 16.1. The molecule has 72 valence electrons. The van der Waals surface area contributed by atoms with Gasteiger partial charge < -0.3 is 9.88 Å². The molecule has 0 aromatic carbocycles. The molecule has 1 aromatic rings. The van der Waals surface area contributed by atoms with Crippen LogP contribution in [0, 0.1) is 0 Å². The smallest absolute Gasteiger partial charge is 0.203 e. The van der Waals surface area contributed by atoms with Crippen LogP contribution in [0.4, 0.5) is 5.95 Å². The van der Waals surface area contributed by atoms with Crippen LogP contribution in [0.1, 0.15) is 38.6 Å². The first-order valence-corrected chi connectivity index (χ1v) is 5.18. The maximum Gasteiger partial charge on any atom is 0.203 e. The van der Waals surface area contributed by atoms with Gasteiger partial charge in [0.2, 0.25) is 5.95 Å². The Morgan fingerprint density at radius 1 is 1.62 bits per heavy atom. The Morgan fingerprint density at radius 3 is 3.15 bits per heavy atom. The summed E-state index contributed by atoms with van der Waals surface area (Å²) >= 11 is 0. The number of unbranched alkanes of at least 4 members (excludes halogenated alkanes) is 1. The molecule has 0 bridgehead atoms. The second-order valence-corrected chi connectivity index (χ2v) is 3.67. The van der Waals surface area contributed by atoms with Crippen molar-refractivity contribution in [2.75, 3.05) is 11.9 Å². The van der Waals surface area contributed by atoms with Crippen molar-refractivity contribution < 1.29 is 0 Å². The predicted molar refractivity (Wildman–Crippen MR) is 53.9 cm³/mol. The van der Waals surface area contributed by atoms with Gasteiger partial charge in [-0.25, -0.2) is 4.98 Å². The first-order chi connectivity index (χ1) is 6.42. The molecule has 0 amide bonds. The fraction of sp³-hybridized carbons (Fsp3) is 0.700. The number of rotatable bonds is 5. The molecule has 13 heavy (non-hydrogen) atoms. The summed E-state index contributed by atoms with van der Waals surface area (Å²) in [6, 6.07) is 0.728. The Hall–Kier alpha value is -0.990. The van der Waals surface area contributed by atoms with Crippen LogP contribution in [0.2, 0.25) is 0 Å². The Morgan fingerprint density at radius 2 is 2.46 bits per heavy atom. The van der Waals surface area contributed by atoms with E-state index < -0.39 is 0 Å². The molecule has 0 radical (unpaired) electrons. The van der Waals surface area contributed by atoms with E-state index in [4.69, 9.17) is 0 Å². The van der Waals surface area contributed by atoms with E-state index in [0.717, 1.165) is 18.5 Å². The molecule has 1 N–H and O–H groups in total. The van der Waals surface area contributed by atoms with Crippen molar-refractivity contribution in [2.24, 2.45) is 0 Å². The number of imidazole rings is 1. The minimum atomic E-state index is 0.728. The van der Waals surface area contributed by atoms with Crippen molar-refractivity contribution in [2.45, 2.75) is 38.6 Å². The van der Waals surface area contributed by atoms with Gasteiger partial charge in [0.25, 0.3) is 0 Å². The third-order valence-electron chi connectivity index (χ3n) is 2.42. The predicted octanol–water partition coefficient (Wildman–Crippen LogP) is 2.43. The quantitative estimate of drug-likeness (QED) is 0.703. The molecule has 1 saturated carbocycles. The lowest BCUT2D eigenvalue weighted by Gasteiger charge is -2.07. The van der Waals surface area contributed by atoms with Crippen LogP contribution in [0.25, 0.3) is 0 Å². The average Bonchev–Trinajstić information content (AvgIpc) is 2.88. The van der Waals surface area contributed by atoms with Crippen molar-refractivity contribution in [1.29, 1.82) is 0 Å². The van der Waals surface area contributed by atoms with Crippen molar-refractivity contribution in [3.8, 4) is 0 Å². The molecular formula is C10H17N3. The summed E-state index contributed by atoms with van der Waals surface area (Å²) in [5.41, 5.74) is 0. The second-order valence-electron chi connectivity index (χ2n) is 3.67. The Labute approximate surface area is 79.2 Å². The zero-order valence-electron chi connectivity index (χ0n) is 8.16. The maximum atomic E-state index is 4.30. The summed E-state index contributed by atoms with van der Waals surface area (Å²) in [7, 11) is 0. The number of aromatic nitrogens is 2. The van der Waals surface area contributed by atoms with E-state index in [1.165, 1.54) is 25.7 Å². The molecule has 0 aliphatic heterocycles. The molecule has 1 aromatic heterocycles. The molecule has 2 rings (SSSR count). The molecule has 1 fully saturated rings. The van der Waals surface area contributed by atoms with Crippen molar-refractivity contribution >= 4 is 5.95 Å². The lowest BCUT2D eigenvalue weighted by Crippen LogP contribution is -2.07. The van der Waals surface area contributed by atoms with Crippen LogP contribution >= 0.6 is 0 Å². The molecule has 1 aliphatic carbocycles. The van der Waals surface area contributed by atoms with Crippen LogP contribution in [0.5, 0.6) is 0 Å². The van der Waals surface area contributed by atoms with Gasteiger partial charge in [-0.2, -0.15) is 0 Å². The monoisotopic (exact) mass is 179 g/mol. The zero-order chi connectivity index (χ0) is 9.10. The Bertz CT molecular complexity index is 263. The largest absolute Gasteiger partial charge is 0.356 e. The first kappa shape index (κ1) is 8.60. The van der Waals surface area contributed by atoms with E-state index in [0.29, 0.717) is 0 Å². The topological polar surface area (TPSA) is 29.9 Å². The molecule has 1 heterocycles. The third-order valence-corrected chi connectivity index (χ3v) is 2.42. The van der Waals surface area contributed by atoms with Crippen molar-refractivity contribution in [3.05, 3.63) is 12.4 Å². The van der Waals surface area contributed by atoms with E-state index in [2.05, 4.69) is 28.0 Å². The number of nitrogens with one attached hydrogen (secondary N) is 1. The summed E-state index contributed by atoms with van der Waals surface area (Å²) in [4.78, 5) is 4.30. The highest BCUT2D eigenvalue weighted by Gasteiger charge is 2.25. The zero-order valence-corrected chi connectivity index (χ0v) is 8.16. The fourth-order valence-electron chi connectivity index (χ4n) is 1.47. The van der Waals surface area contributed by atoms with Gasteiger partial charge in [-0.3, -0.25) is 0 Å². The van der Waals surface area contributed by atoms with E-state index in [-0.39, 0.29) is 0 Å². The molecule has 1 aliphatic rings. The third kappa shape index (κ3) is 2.02. The van der Waals surface area contributed by atoms with Crippen LogP contribution < -0.4 is 5.32 Å².